The number of aliphatic carboxylic acids is 1. The van der Waals surface area contributed by atoms with Gasteiger partial charge in [0.05, 0.1) is 12.3 Å². The molecule has 0 radical (unpaired) electrons. The van der Waals surface area contributed by atoms with Gasteiger partial charge in [-0.25, -0.2) is 0 Å². The summed E-state index contributed by atoms with van der Waals surface area (Å²) in [7, 11) is 0. The summed E-state index contributed by atoms with van der Waals surface area (Å²) in [6.45, 7) is 0.970. The van der Waals surface area contributed by atoms with Gasteiger partial charge in [-0.05, 0) is 42.4 Å². The molecule has 3 rings (SSSR count). The highest BCUT2D eigenvalue weighted by molar-refractivity contribution is 9.10. The van der Waals surface area contributed by atoms with Gasteiger partial charge in [-0.1, -0.05) is 28.1 Å². The number of hydrogen-bond acceptors (Lipinski definition) is 2. The molecule has 1 saturated carbocycles. The summed E-state index contributed by atoms with van der Waals surface area (Å²) < 4.78 is 0.952. The molecule has 0 spiro atoms. The molecule has 1 aromatic carbocycles. The van der Waals surface area contributed by atoms with E-state index < -0.39 is 5.97 Å². The Morgan fingerprint density at radius 3 is 2.67 bits per heavy atom. The summed E-state index contributed by atoms with van der Waals surface area (Å²) in [5.74, 6) is -0.458. The summed E-state index contributed by atoms with van der Waals surface area (Å²) in [6.07, 6.45) is 2.56. The monoisotopic (exact) mass is 351 g/mol. The van der Waals surface area contributed by atoms with E-state index in [-0.39, 0.29) is 17.7 Å². The van der Waals surface area contributed by atoms with Crippen LogP contribution >= 0.6 is 15.9 Å². The molecule has 112 valence electrons. The average molecular weight is 352 g/mol. The largest absolute Gasteiger partial charge is 0.481 e. The van der Waals surface area contributed by atoms with Crippen LogP contribution < -0.4 is 0 Å². The van der Waals surface area contributed by atoms with E-state index in [2.05, 4.69) is 15.9 Å². The number of halogens is 1. The zero-order chi connectivity index (χ0) is 15.0. The van der Waals surface area contributed by atoms with Gasteiger partial charge in [0.15, 0.2) is 0 Å². The Hall–Kier alpha value is -1.36. The number of benzene rings is 1. The summed E-state index contributed by atoms with van der Waals surface area (Å²) >= 11 is 3.40. The summed E-state index contributed by atoms with van der Waals surface area (Å²) in [4.78, 5) is 25.5. The van der Waals surface area contributed by atoms with E-state index in [0.717, 1.165) is 22.9 Å². The molecule has 1 N–H and O–H groups in total. The SMILES string of the molecule is O=C(O)[C@H]1CN(C(=O)Cc2cccc(Br)c2)C[C@@H]1C1CC1. The fourth-order valence-electron chi connectivity index (χ4n) is 3.23. The maximum atomic E-state index is 12.4. The second-order valence-electron chi connectivity index (χ2n) is 6.05. The number of carboxylic acids is 1. The molecule has 1 aromatic rings. The number of rotatable bonds is 4. The fraction of sp³-hybridized carbons (Fsp3) is 0.500. The Morgan fingerprint density at radius 2 is 2.05 bits per heavy atom. The minimum atomic E-state index is -0.760. The fourth-order valence-corrected chi connectivity index (χ4v) is 3.68. The molecule has 1 aliphatic heterocycles. The first-order chi connectivity index (χ1) is 10.0. The average Bonchev–Trinajstić information content (AvgIpc) is 3.17. The quantitative estimate of drug-likeness (QED) is 0.906. The first kappa shape index (κ1) is 14.6. The number of likely N-dealkylation sites (tertiary alicyclic amines) is 1. The molecular formula is C16H18BrNO3. The van der Waals surface area contributed by atoms with Crippen molar-refractivity contribution in [1.29, 1.82) is 0 Å². The lowest BCUT2D eigenvalue weighted by atomic mass is 9.92. The van der Waals surface area contributed by atoms with Crippen LogP contribution in [0.5, 0.6) is 0 Å². The van der Waals surface area contributed by atoms with Crippen LogP contribution in [0.25, 0.3) is 0 Å². The van der Waals surface area contributed by atoms with Gasteiger partial charge in [0.25, 0.3) is 0 Å². The molecule has 0 aromatic heterocycles. The van der Waals surface area contributed by atoms with Crippen LogP contribution in [0, 0.1) is 17.8 Å². The lowest BCUT2D eigenvalue weighted by Crippen LogP contribution is -2.31. The second-order valence-corrected chi connectivity index (χ2v) is 6.97. The molecule has 21 heavy (non-hydrogen) atoms. The van der Waals surface area contributed by atoms with E-state index >= 15 is 0 Å². The number of carbonyl (C=O) groups is 2. The molecule has 4 nitrogen and oxygen atoms in total. The van der Waals surface area contributed by atoms with Crippen LogP contribution in [-0.2, 0) is 16.0 Å². The first-order valence-corrected chi connectivity index (χ1v) is 8.09. The standard InChI is InChI=1S/C16H18BrNO3/c17-12-3-1-2-10(6-12)7-15(19)18-8-13(11-4-5-11)14(9-18)16(20)21/h1-3,6,11,13-14H,4-5,7-9H2,(H,20,21)/t13-,14+/m1/s1. The predicted molar refractivity (Wildman–Crippen MR) is 81.8 cm³/mol. The lowest BCUT2D eigenvalue weighted by Gasteiger charge is -2.16. The van der Waals surface area contributed by atoms with Crippen LogP contribution in [0.2, 0.25) is 0 Å². The number of hydrogen-bond donors (Lipinski definition) is 1. The van der Waals surface area contributed by atoms with Gasteiger partial charge in [0.1, 0.15) is 0 Å². The van der Waals surface area contributed by atoms with Gasteiger partial charge in [-0.15, -0.1) is 0 Å². The molecule has 1 aliphatic carbocycles. The van der Waals surface area contributed by atoms with E-state index in [1.807, 2.05) is 24.3 Å². The topological polar surface area (TPSA) is 57.6 Å². The Balaban J connectivity index is 1.66. The highest BCUT2D eigenvalue weighted by Gasteiger charge is 2.46. The van der Waals surface area contributed by atoms with Crippen molar-refractivity contribution < 1.29 is 14.7 Å². The third kappa shape index (κ3) is 3.28. The number of amides is 1. The normalized spacial score (nSPS) is 25.1. The Morgan fingerprint density at radius 1 is 1.29 bits per heavy atom. The Bertz CT molecular complexity index is 570. The van der Waals surface area contributed by atoms with E-state index in [1.54, 1.807) is 4.90 Å². The minimum Gasteiger partial charge on any atom is -0.481 e. The number of nitrogens with zero attached hydrogens (tertiary/aromatic N) is 1. The highest BCUT2D eigenvalue weighted by atomic mass is 79.9. The number of carboxylic acid groups (broad SMARTS) is 1. The molecule has 1 saturated heterocycles. The molecule has 1 amide bonds. The molecule has 5 heteroatoms. The molecule has 2 atom stereocenters. The summed E-state index contributed by atoms with van der Waals surface area (Å²) in [5, 5.41) is 9.34. The first-order valence-electron chi connectivity index (χ1n) is 7.29. The molecular weight excluding hydrogens is 334 g/mol. The molecule has 0 unspecified atom stereocenters. The van der Waals surface area contributed by atoms with Gasteiger partial charge in [0.2, 0.25) is 5.91 Å². The van der Waals surface area contributed by atoms with Crippen LogP contribution in [0.15, 0.2) is 28.7 Å². The van der Waals surface area contributed by atoms with Gasteiger partial charge in [-0.2, -0.15) is 0 Å². The summed E-state index contributed by atoms with van der Waals surface area (Å²) in [5.41, 5.74) is 0.955. The lowest BCUT2D eigenvalue weighted by molar-refractivity contribution is -0.142. The van der Waals surface area contributed by atoms with E-state index in [0.29, 0.717) is 25.4 Å². The summed E-state index contributed by atoms with van der Waals surface area (Å²) in [6, 6.07) is 7.68. The Labute approximate surface area is 132 Å². The minimum absolute atomic E-state index is 0.0301. The van der Waals surface area contributed by atoms with Gasteiger partial charge < -0.3 is 10.0 Å². The van der Waals surface area contributed by atoms with Crippen molar-refractivity contribution in [3.05, 3.63) is 34.3 Å². The smallest absolute Gasteiger partial charge is 0.308 e. The van der Waals surface area contributed by atoms with Crippen LogP contribution in [0.1, 0.15) is 18.4 Å². The van der Waals surface area contributed by atoms with Crippen molar-refractivity contribution in [2.75, 3.05) is 13.1 Å². The van der Waals surface area contributed by atoms with Crippen molar-refractivity contribution in [1.82, 2.24) is 4.90 Å². The van der Waals surface area contributed by atoms with Crippen LogP contribution in [-0.4, -0.2) is 35.0 Å². The zero-order valence-electron chi connectivity index (χ0n) is 11.7. The Kier molecular flexibility index (Phi) is 4.02. The molecule has 1 heterocycles. The number of carbonyl (C=O) groups excluding carboxylic acids is 1. The maximum absolute atomic E-state index is 12.4. The van der Waals surface area contributed by atoms with Gasteiger partial charge in [0, 0.05) is 17.6 Å². The predicted octanol–water partition coefficient (Wildman–Crippen LogP) is 2.56. The van der Waals surface area contributed by atoms with Gasteiger partial charge >= 0.3 is 5.97 Å². The van der Waals surface area contributed by atoms with Gasteiger partial charge in [-0.3, -0.25) is 9.59 Å². The van der Waals surface area contributed by atoms with Crippen LogP contribution in [0.3, 0.4) is 0 Å². The van der Waals surface area contributed by atoms with Crippen LogP contribution in [0.4, 0.5) is 0 Å². The van der Waals surface area contributed by atoms with E-state index in [1.165, 1.54) is 0 Å². The van der Waals surface area contributed by atoms with Crippen molar-refractivity contribution in [2.24, 2.45) is 17.8 Å². The molecule has 2 fully saturated rings. The van der Waals surface area contributed by atoms with E-state index in [4.69, 9.17) is 0 Å². The van der Waals surface area contributed by atoms with E-state index in [9.17, 15) is 14.7 Å². The van der Waals surface area contributed by atoms with Crippen molar-refractivity contribution in [2.45, 2.75) is 19.3 Å². The third-order valence-electron chi connectivity index (χ3n) is 4.51. The third-order valence-corrected chi connectivity index (χ3v) is 5.00. The van der Waals surface area contributed by atoms with Crippen molar-refractivity contribution in [3.63, 3.8) is 0 Å². The highest BCUT2D eigenvalue weighted by Crippen LogP contribution is 2.44. The maximum Gasteiger partial charge on any atom is 0.308 e. The molecule has 2 aliphatic rings. The van der Waals surface area contributed by atoms with Crippen molar-refractivity contribution in [3.8, 4) is 0 Å². The van der Waals surface area contributed by atoms with Crippen molar-refractivity contribution >= 4 is 27.8 Å². The molecule has 0 bridgehead atoms. The second kappa shape index (κ2) is 5.79. The zero-order valence-corrected chi connectivity index (χ0v) is 13.3.